The van der Waals surface area contributed by atoms with Gasteiger partial charge in [0.25, 0.3) is 0 Å². The Morgan fingerprint density at radius 2 is 1.78 bits per heavy atom. The number of piperazine rings is 1. The van der Waals surface area contributed by atoms with Crippen molar-refractivity contribution in [3.8, 4) is 0 Å². The van der Waals surface area contributed by atoms with Gasteiger partial charge in [-0.1, -0.05) is 36.0 Å². The van der Waals surface area contributed by atoms with Crippen LogP contribution in [0.3, 0.4) is 0 Å². The maximum atomic E-state index is 13.4. The first-order valence-electron chi connectivity index (χ1n) is 9.18. The highest BCUT2D eigenvalue weighted by Crippen LogP contribution is 2.33. The van der Waals surface area contributed by atoms with E-state index >= 15 is 0 Å². The van der Waals surface area contributed by atoms with Gasteiger partial charge in [-0.05, 0) is 31.2 Å². The third-order valence-electron chi connectivity index (χ3n) is 4.76. The molecule has 0 unspecified atom stereocenters. The van der Waals surface area contributed by atoms with Crippen LogP contribution >= 0.6 is 11.8 Å². The van der Waals surface area contributed by atoms with Crippen molar-refractivity contribution in [1.29, 1.82) is 0 Å². The van der Waals surface area contributed by atoms with Crippen molar-refractivity contribution in [2.45, 2.75) is 16.7 Å². The average Bonchev–Trinajstić information content (AvgIpc) is 2.69. The van der Waals surface area contributed by atoms with E-state index in [1.54, 1.807) is 13.0 Å². The standard InChI is InChI=1S/C21H25N2O3S/c1-3-26-21(25)19-17(20(24)23(2)14-12-22-13-15-23)10-7-11-18(19)27-16-8-5-4-6-9-16/h4-11,22H,3,12-15H2,1-2H3/q+1. The normalized spacial score (nSPS) is 15.9. The highest BCUT2D eigenvalue weighted by molar-refractivity contribution is 7.99. The van der Waals surface area contributed by atoms with Gasteiger partial charge in [-0.3, -0.25) is 4.48 Å². The van der Waals surface area contributed by atoms with Crippen molar-refractivity contribution < 1.29 is 18.8 Å². The number of nitrogens with one attached hydrogen (secondary N) is 1. The van der Waals surface area contributed by atoms with Gasteiger partial charge in [0.1, 0.15) is 0 Å². The maximum Gasteiger partial charge on any atom is 0.346 e. The van der Waals surface area contributed by atoms with Crippen molar-refractivity contribution in [2.24, 2.45) is 0 Å². The van der Waals surface area contributed by atoms with Crippen LogP contribution in [0.25, 0.3) is 0 Å². The van der Waals surface area contributed by atoms with Crippen molar-refractivity contribution in [3.63, 3.8) is 0 Å². The second-order valence-electron chi connectivity index (χ2n) is 6.71. The second-order valence-corrected chi connectivity index (χ2v) is 7.83. The molecule has 2 aromatic carbocycles. The molecule has 2 aromatic rings. The van der Waals surface area contributed by atoms with Gasteiger partial charge >= 0.3 is 11.9 Å². The van der Waals surface area contributed by atoms with Gasteiger partial charge in [-0.25, -0.2) is 9.59 Å². The van der Waals surface area contributed by atoms with Gasteiger partial charge in [0, 0.05) is 22.9 Å². The molecule has 0 atom stereocenters. The fourth-order valence-corrected chi connectivity index (χ4v) is 4.20. The molecule has 1 aliphatic heterocycles. The lowest BCUT2D eigenvalue weighted by Crippen LogP contribution is -2.59. The number of likely N-dealkylation sites (N-methyl/N-ethyl adjacent to an activating group) is 1. The van der Waals surface area contributed by atoms with Crippen LogP contribution in [0.4, 0.5) is 0 Å². The number of quaternary nitrogens is 1. The Balaban J connectivity index is 2.03. The quantitative estimate of drug-likeness (QED) is 0.633. The summed E-state index contributed by atoms with van der Waals surface area (Å²) in [5.74, 6) is -0.475. The molecule has 0 spiro atoms. The molecule has 1 aliphatic rings. The fraction of sp³-hybridized carbons (Fsp3) is 0.333. The second kappa shape index (κ2) is 8.69. The number of carbonyl (C=O) groups is 2. The molecule has 0 saturated carbocycles. The van der Waals surface area contributed by atoms with Crippen LogP contribution < -0.4 is 5.32 Å². The summed E-state index contributed by atoms with van der Waals surface area (Å²) >= 11 is 1.47. The smallest absolute Gasteiger partial charge is 0.346 e. The summed E-state index contributed by atoms with van der Waals surface area (Å²) in [7, 11) is 1.94. The van der Waals surface area contributed by atoms with E-state index in [1.807, 2.05) is 49.5 Å². The zero-order chi connectivity index (χ0) is 19.3. The molecule has 1 N–H and O–H groups in total. The van der Waals surface area contributed by atoms with Gasteiger partial charge in [-0.2, -0.15) is 0 Å². The maximum absolute atomic E-state index is 13.4. The van der Waals surface area contributed by atoms with Gasteiger partial charge in [0.05, 0.1) is 37.9 Å². The lowest BCUT2D eigenvalue weighted by molar-refractivity contribution is -0.830. The summed E-state index contributed by atoms with van der Waals surface area (Å²) in [5, 5.41) is 3.28. The van der Waals surface area contributed by atoms with Gasteiger partial charge < -0.3 is 10.1 Å². The minimum Gasteiger partial charge on any atom is -0.462 e. The molecule has 0 aliphatic carbocycles. The molecule has 0 bridgehead atoms. The molecular weight excluding hydrogens is 360 g/mol. The summed E-state index contributed by atoms with van der Waals surface area (Å²) in [4.78, 5) is 27.9. The monoisotopic (exact) mass is 385 g/mol. The number of benzene rings is 2. The zero-order valence-electron chi connectivity index (χ0n) is 15.7. The molecule has 5 nitrogen and oxygen atoms in total. The van der Waals surface area contributed by atoms with Crippen molar-refractivity contribution in [3.05, 3.63) is 59.7 Å². The van der Waals surface area contributed by atoms with Gasteiger partial charge in [-0.15, -0.1) is 0 Å². The lowest BCUT2D eigenvalue weighted by Gasteiger charge is -2.35. The molecule has 1 saturated heterocycles. The van der Waals surface area contributed by atoms with Crippen molar-refractivity contribution in [2.75, 3.05) is 39.8 Å². The van der Waals surface area contributed by atoms with Crippen LogP contribution in [0.2, 0.25) is 0 Å². The first kappa shape index (κ1) is 19.6. The molecule has 142 valence electrons. The first-order chi connectivity index (χ1) is 13.0. The van der Waals surface area contributed by atoms with E-state index in [9.17, 15) is 9.59 Å². The molecule has 27 heavy (non-hydrogen) atoms. The molecule has 1 fully saturated rings. The Morgan fingerprint density at radius 1 is 1.07 bits per heavy atom. The third-order valence-corrected chi connectivity index (χ3v) is 5.83. The topological polar surface area (TPSA) is 55.4 Å². The largest absolute Gasteiger partial charge is 0.462 e. The van der Waals surface area contributed by atoms with Crippen molar-refractivity contribution >= 4 is 23.6 Å². The summed E-state index contributed by atoms with van der Waals surface area (Å²) in [6.45, 7) is 5.03. The first-order valence-corrected chi connectivity index (χ1v) is 10.00. The number of hydrogen-bond acceptors (Lipinski definition) is 5. The Hall–Kier alpha value is -2.15. The number of amides is 1. The Morgan fingerprint density at radius 3 is 2.44 bits per heavy atom. The predicted molar refractivity (Wildman–Crippen MR) is 106 cm³/mol. The molecule has 0 aromatic heterocycles. The zero-order valence-corrected chi connectivity index (χ0v) is 16.6. The third kappa shape index (κ3) is 4.40. The number of ether oxygens (including phenoxy) is 1. The Labute approximate surface area is 164 Å². The summed E-state index contributed by atoms with van der Waals surface area (Å²) in [5.41, 5.74) is 0.815. The van der Waals surface area contributed by atoms with E-state index < -0.39 is 5.97 Å². The van der Waals surface area contributed by atoms with Gasteiger partial charge in [0.15, 0.2) is 0 Å². The summed E-state index contributed by atoms with van der Waals surface area (Å²) in [6.07, 6.45) is 0. The Kier molecular flexibility index (Phi) is 6.31. The van der Waals surface area contributed by atoms with Crippen LogP contribution in [-0.2, 0) is 4.74 Å². The predicted octanol–water partition coefficient (Wildman–Crippen LogP) is 3.20. The number of nitrogens with zero attached hydrogens (tertiary/aromatic N) is 1. The van der Waals surface area contributed by atoms with Crippen LogP contribution in [0.15, 0.2) is 58.3 Å². The van der Waals surface area contributed by atoms with Crippen molar-refractivity contribution in [1.82, 2.24) is 5.32 Å². The molecule has 3 rings (SSSR count). The summed E-state index contributed by atoms with van der Waals surface area (Å²) in [6, 6.07) is 15.3. The van der Waals surface area contributed by atoms with E-state index in [2.05, 4.69) is 5.32 Å². The van der Waals surface area contributed by atoms with Gasteiger partial charge in [0.2, 0.25) is 0 Å². The van der Waals surface area contributed by atoms with Crippen LogP contribution in [-0.4, -0.2) is 56.2 Å². The minimum atomic E-state index is -0.443. The van der Waals surface area contributed by atoms with Crippen LogP contribution in [0, 0.1) is 0 Å². The Bertz CT molecular complexity index is 817. The highest BCUT2D eigenvalue weighted by Gasteiger charge is 2.37. The number of hydrogen-bond donors (Lipinski definition) is 1. The molecule has 0 radical (unpaired) electrons. The van der Waals surface area contributed by atoms with E-state index in [0.29, 0.717) is 28.7 Å². The average molecular weight is 386 g/mol. The molecular formula is C21H25N2O3S+. The summed E-state index contributed by atoms with van der Waals surface area (Å²) < 4.78 is 5.58. The van der Waals surface area contributed by atoms with E-state index in [4.69, 9.17) is 4.74 Å². The molecule has 1 amide bonds. The lowest BCUT2D eigenvalue weighted by atomic mass is 10.0. The fourth-order valence-electron chi connectivity index (χ4n) is 3.21. The number of rotatable bonds is 5. The molecule has 1 heterocycles. The van der Waals surface area contributed by atoms with E-state index in [1.165, 1.54) is 11.8 Å². The van der Waals surface area contributed by atoms with Crippen LogP contribution in [0.5, 0.6) is 0 Å². The number of esters is 1. The highest BCUT2D eigenvalue weighted by atomic mass is 32.2. The van der Waals surface area contributed by atoms with E-state index in [0.717, 1.165) is 22.9 Å². The number of carbonyl (C=O) groups excluding carboxylic acids is 2. The van der Waals surface area contributed by atoms with E-state index in [-0.39, 0.29) is 12.5 Å². The van der Waals surface area contributed by atoms with Crippen LogP contribution in [0.1, 0.15) is 27.6 Å². The SMILES string of the molecule is CCOC(=O)c1c(Sc2ccccc2)cccc1C(=O)[N+]1(C)CCNCC1. The molecule has 6 heteroatoms. The minimum absolute atomic E-state index is 0.0323.